The molecule has 1 N–H and O–H groups in total. The van der Waals surface area contributed by atoms with Crippen LogP contribution in [-0.2, 0) is 15.8 Å². The van der Waals surface area contributed by atoms with E-state index in [4.69, 9.17) is 0 Å². The van der Waals surface area contributed by atoms with Gasteiger partial charge in [0.05, 0.1) is 4.90 Å². The topological polar surface area (TPSA) is 46.2 Å². The first-order valence-electron chi connectivity index (χ1n) is 7.89. The van der Waals surface area contributed by atoms with Crippen molar-refractivity contribution in [2.75, 3.05) is 4.72 Å². The van der Waals surface area contributed by atoms with Crippen LogP contribution in [0, 0.1) is 6.92 Å². The van der Waals surface area contributed by atoms with E-state index in [1.807, 2.05) is 43.3 Å². The molecule has 3 aromatic carbocycles. The number of hydrogen-bond donors (Lipinski definition) is 1. The molecule has 0 spiro atoms. The quantitative estimate of drug-likeness (QED) is 0.616. The lowest BCUT2D eigenvalue weighted by Crippen LogP contribution is -2.13. The third kappa shape index (κ3) is 4.87. The Morgan fingerprint density at radius 1 is 0.880 bits per heavy atom. The van der Waals surface area contributed by atoms with Crippen LogP contribution in [0.1, 0.15) is 11.1 Å². The Bertz CT molecular complexity index is 937. The zero-order valence-corrected chi connectivity index (χ0v) is 15.5. The molecule has 3 aromatic rings. The molecule has 0 aliphatic heterocycles. The van der Waals surface area contributed by atoms with Crippen LogP contribution >= 0.6 is 11.8 Å². The van der Waals surface area contributed by atoms with Gasteiger partial charge in [-0.25, -0.2) is 8.42 Å². The Morgan fingerprint density at radius 2 is 1.60 bits per heavy atom. The lowest BCUT2D eigenvalue weighted by molar-refractivity contribution is 0.601. The largest absolute Gasteiger partial charge is 0.280 e. The normalized spacial score (nSPS) is 11.2. The number of anilines is 1. The highest BCUT2D eigenvalue weighted by Crippen LogP contribution is 2.24. The number of hydrogen-bond acceptors (Lipinski definition) is 3. The second kappa shape index (κ2) is 7.76. The van der Waals surface area contributed by atoms with Crippen LogP contribution in [0.5, 0.6) is 0 Å². The number of sulfonamides is 1. The molecular weight excluding hydrogens is 350 g/mol. The highest BCUT2D eigenvalue weighted by atomic mass is 32.2. The van der Waals surface area contributed by atoms with E-state index in [1.165, 1.54) is 4.90 Å². The predicted molar refractivity (Wildman–Crippen MR) is 104 cm³/mol. The lowest BCUT2D eigenvalue weighted by Gasteiger charge is -2.09. The number of thioether (sulfide) groups is 1. The fourth-order valence-electron chi connectivity index (χ4n) is 2.35. The van der Waals surface area contributed by atoms with E-state index in [2.05, 4.69) is 16.9 Å². The number of rotatable bonds is 6. The highest BCUT2D eigenvalue weighted by Gasteiger charge is 2.13. The summed E-state index contributed by atoms with van der Waals surface area (Å²) >= 11 is 1.75. The highest BCUT2D eigenvalue weighted by molar-refractivity contribution is 7.98. The van der Waals surface area contributed by atoms with Gasteiger partial charge in [0.2, 0.25) is 0 Å². The molecular formula is C20H19NO2S2. The summed E-state index contributed by atoms with van der Waals surface area (Å²) in [6, 6.07) is 24.6. The van der Waals surface area contributed by atoms with Gasteiger partial charge in [-0.15, -0.1) is 11.8 Å². The molecule has 0 heterocycles. The Kier molecular flexibility index (Phi) is 5.46. The maximum Gasteiger partial charge on any atom is 0.261 e. The van der Waals surface area contributed by atoms with Crippen LogP contribution in [0.4, 0.5) is 5.69 Å². The van der Waals surface area contributed by atoms with Gasteiger partial charge in [0, 0.05) is 16.3 Å². The predicted octanol–water partition coefficient (Wildman–Crippen LogP) is 5.09. The maximum atomic E-state index is 12.4. The van der Waals surface area contributed by atoms with Gasteiger partial charge in [-0.3, -0.25) is 4.72 Å². The minimum absolute atomic E-state index is 0.274. The van der Waals surface area contributed by atoms with Crippen LogP contribution < -0.4 is 4.72 Å². The first kappa shape index (κ1) is 17.6. The molecule has 0 amide bonds. The van der Waals surface area contributed by atoms with Crippen molar-refractivity contribution in [3.8, 4) is 0 Å². The van der Waals surface area contributed by atoms with Crippen LogP contribution in [0.25, 0.3) is 0 Å². The lowest BCUT2D eigenvalue weighted by atomic mass is 10.2. The van der Waals surface area contributed by atoms with Crippen LogP contribution in [0.15, 0.2) is 88.7 Å². The van der Waals surface area contributed by atoms with E-state index in [-0.39, 0.29) is 4.90 Å². The molecule has 0 unspecified atom stereocenters. The molecule has 0 atom stereocenters. The minimum atomic E-state index is -3.56. The third-order valence-corrected chi connectivity index (χ3v) is 6.12. The van der Waals surface area contributed by atoms with Crippen molar-refractivity contribution >= 4 is 27.5 Å². The summed E-state index contributed by atoms with van der Waals surface area (Å²) in [6.45, 7) is 1.87. The van der Waals surface area contributed by atoms with E-state index in [9.17, 15) is 8.42 Å². The first-order valence-corrected chi connectivity index (χ1v) is 10.4. The van der Waals surface area contributed by atoms with Crippen molar-refractivity contribution in [1.82, 2.24) is 0 Å². The van der Waals surface area contributed by atoms with Gasteiger partial charge in [0.1, 0.15) is 0 Å². The Morgan fingerprint density at radius 3 is 2.28 bits per heavy atom. The van der Waals surface area contributed by atoms with Crippen molar-refractivity contribution in [2.45, 2.75) is 22.5 Å². The fourth-order valence-corrected chi connectivity index (χ4v) is 4.39. The van der Waals surface area contributed by atoms with Gasteiger partial charge < -0.3 is 0 Å². The molecule has 0 aromatic heterocycles. The molecule has 0 saturated carbocycles. The number of nitrogens with one attached hydrogen (secondary N) is 1. The fraction of sp³-hybridized carbons (Fsp3) is 0.100. The minimum Gasteiger partial charge on any atom is -0.280 e. The van der Waals surface area contributed by atoms with Gasteiger partial charge in [-0.1, -0.05) is 42.5 Å². The van der Waals surface area contributed by atoms with E-state index in [0.717, 1.165) is 16.9 Å². The van der Waals surface area contributed by atoms with Gasteiger partial charge in [-0.2, -0.15) is 0 Å². The Hall–Kier alpha value is -2.24. The summed E-state index contributed by atoms with van der Waals surface area (Å²) < 4.78 is 27.5. The van der Waals surface area contributed by atoms with Crippen LogP contribution in [0.3, 0.4) is 0 Å². The molecule has 3 nitrogen and oxygen atoms in total. The van der Waals surface area contributed by atoms with Crippen molar-refractivity contribution in [2.24, 2.45) is 0 Å². The summed E-state index contributed by atoms with van der Waals surface area (Å²) in [5.41, 5.74) is 2.62. The molecule has 3 rings (SSSR count). The summed E-state index contributed by atoms with van der Waals surface area (Å²) in [5, 5.41) is 0. The average Bonchev–Trinajstić information content (AvgIpc) is 2.62. The third-order valence-electron chi connectivity index (χ3n) is 3.65. The van der Waals surface area contributed by atoms with Gasteiger partial charge >= 0.3 is 0 Å². The van der Waals surface area contributed by atoms with E-state index in [0.29, 0.717) is 5.69 Å². The summed E-state index contributed by atoms with van der Waals surface area (Å²) in [4.78, 5) is 1.49. The van der Waals surface area contributed by atoms with Gasteiger partial charge in [0.15, 0.2) is 0 Å². The van der Waals surface area contributed by atoms with Crippen molar-refractivity contribution < 1.29 is 8.42 Å². The molecule has 5 heteroatoms. The molecule has 0 radical (unpaired) electrons. The monoisotopic (exact) mass is 369 g/mol. The van der Waals surface area contributed by atoms with E-state index < -0.39 is 10.0 Å². The van der Waals surface area contributed by atoms with Gasteiger partial charge in [0.25, 0.3) is 10.0 Å². The smallest absolute Gasteiger partial charge is 0.261 e. The molecule has 0 bridgehead atoms. The van der Waals surface area contributed by atoms with Crippen LogP contribution in [0.2, 0.25) is 0 Å². The zero-order chi connectivity index (χ0) is 17.7. The van der Waals surface area contributed by atoms with Crippen molar-refractivity contribution in [1.29, 1.82) is 0 Å². The Balaban J connectivity index is 1.66. The summed E-state index contributed by atoms with van der Waals surface area (Å²) in [7, 11) is -3.56. The van der Waals surface area contributed by atoms with Crippen molar-refractivity contribution in [3.05, 3.63) is 90.0 Å². The van der Waals surface area contributed by atoms with Crippen LogP contribution in [-0.4, -0.2) is 8.42 Å². The molecule has 25 heavy (non-hydrogen) atoms. The second-order valence-electron chi connectivity index (χ2n) is 5.72. The SMILES string of the molecule is Cc1cccc(S(=O)(=O)Nc2ccc(CSc3ccccc3)cc2)c1. The van der Waals surface area contributed by atoms with E-state index in [1.54, 1.807) is 42.1 Å². The molecule has 0 aliphatic rings. The Labute approximate surface area is 153 Å². The number of benzene rings is 3. The van der Waals surface area contributed by atoms with Crippen molar-refractivity contribution in [3.63, 3.8) is 0 Å². The first-order chi connectivity index (χ1) is 12.0. The van der Waals surface area contributed by atoms with Gasteiger partial charge in [-0.05, 0) is 54.4 Å². The maximum absolute atomic E-state index is 12.4. The molecule has 0 fully saturated rings. The number of aryl methyl sites for hydroxylation is 1. The molecule has 128 valence electrons. The zero-order valence-electron chi connectivity index (χ0n) is 13.8. The standard InChI is InChI=1S/C20H19NO2S2/c1-16-6-5-9-20(14-16)25(22,23)21-18-12-10-17(11-13-18)15-24-19-7-3-2-4-8-19/h2-14,21H,15H2,1H3. The van der Waals surface area contributed by atoms with E-state index >= 15 is 0 Å². The molecule has 0 saturated heterocycles. The summed E-state index contributed by atoms with van der Waals surface area (Å²) in [6.07, 6.45) is 0. The summed E-state index contributed by atoms with van der Waals surface area (Å²) in [5.74, 6) is 0.842. The average molecular weight is 370 g/mol. The second-order valence-corrected chi connectivity index (χ2v) is 8.45. The molecule has 0 aliphatic carbocycles.